The molecule has 0 aliphatic heterocycles. The highest BCUT2D eigenvalue weighted by molar-refractivity contribution is 8.00. The number of amides is 1. The number of ketones is 1. The molecule has 0 saturated heterocycles. The molecule has 2 rings (SSSR count). The van der Waals surface area contributed by atoms with E-state index >= 15 is 0 Å². The van der Waals surface area contributed by atoms with Gasteiger partial charge in [0.05, 0.1) is 5.25 Å². The molecular formula is C14H15N3O3S. The minimum atomic E-state index is -0.377. The van der Waals surface area contributed by atoms with Crippen molar-refractivity contribution >= 4 is 29.1 Å². The molecule has 0 radical (unpaired) electrons. The molecule has 0 fully saturated rings. The van der Waals surface area contributed by atoms with Crippen LogP contribution in [0.25, 0.3) is 0 Å². The van der Waals surface area contributed by atoms with Gasteiger partial charge >= 0.3 is 0 Å². The number of carbonyl (C=O) groups is 2. The lowest BCUT2D eigenvalue weighted by Gasteiger charge is -2.10. The van der Waals surface area contributed by atoms with Crippen molar-refractivity contribution in [1.82, 2.24) is 10.2 Å². The number of nitrogens with zero attached hydrogens (tertiary/aromatic N) is 2. The molecule has 2 aromatic rings. The van der Waals surface area contributed by atoms with Crippen molar-refractivity contribution in [2.24, 2.45) is 0 Å². The first kappa shape index (κ1) is 15.2. The zero-order chi connectivity index (χ0) is 15.4. The number of anilines is 1. The number of carbonyl (C=O) groups excluding carboxylic acids is 2. The first-order chi connectivity index (χ1) is 9.95. The van der Waals surface area contributed by atoms with Crippen LogP contribution in [-0.4, -0.2) is 27.1 Å². The van der Waals surface area contributed by atoms with Crippen molar-refractivity contribution in [1.29, 1.82) is 0 Å². The zero-order valence-corrected chi connectivity index (χ0v) is 12.7. The van der Waals surface area contributed by atoms with E-state index < -0.39 is 0 Å². The maximum atomic E-state index is 12.1. The lowest BCUT2D eigenvalue weighted by atomic mass is 10.1. The maximum absolute atomic E-state index is 12.1. The molecule has 0 spiro atoms. The number of benzene rings is 1. The van der Waals surface area contributed by atoms with Gasteiger partial charge < -0.3 is 9.73 Å². The van der Waals surface area contributed by atoms with Gasteiger partial charge in [-0.15, -0.1) is 10.2 Å². The molecule has 110 valence electrons. The van der Waals surface area contributed by atoms with Crippen LogP contribution in [0.2, 0.25) is 0 Å². The van der Waals surface area contributed by atoms with Crippen LogP contribution in [0, 0.1) is 6.92 Å². The van der Waals surface area contributed by atoms with Crippen molar-refractivity contribution in [3.8, 4) is 0 Å². The van der Waals surface area contributed by atoms with Crippen molar-refractivity contribution in [2.45, 2.75) is 31.2 Å². The Balaban J connectivity index is 1.95. The van der Waals surface area contributed by atoms with Crippen molar-refractivity contribution in [3.05, 3.63) is 35.7 Å². The van der Waals surface area contributed by atoms with Crippen LogP contribution in [-0.2, 0) is 4.79 Å². The molecule has 0 bridgehead atoms. The first-order valence-corrected chi connectivity index (χ1v) is 7.22. The average Bonchev–Trinajstić information content (AvgIpc) is 2.84. The van der Waals surface area contributed by atoms with E-state index in [1.54, 1.807) is 38.1 Å². The topological polar surface area (TPSA) is 85.1 Å². The highest BCUT2D eigenvalue weighted by atomic mass is 32.2. The van der Waals surface area contributed by atoms with Gasteiger partial charge in [-0.05, 0) is 38.1 Å². The minimum Gasteiger partial charge on any atom is -0.416 e. The average molecular weight is 305 g/mol. The Hall–Kier alpha value is -2.15. The minimum absolute atomic E-state index is 0.0106. The SMILES string of the molecule is CC(=O)c1ccc(NC(=O)C(C)Sc2nnc(C)o2)cc1. The van der Waals surface area contributed by atoms with E-state index in [0.29, 0.717) is 22.4 Å². The molecule has 1 N–H and O–H groups in total. The highest BCUT2D eigenvalue weighted by Gasteiger charge is 2.17. The van der Waals surface area contributed by atoms with Crippen LogP contribution in [0.15, 0.2) is 33.9 Å². The predicted molar refractivity (Wildman–Crippen MR) is 79.4 cm³/mol. The molecule has 1 atom stereocenters. The quantitative estimate of drug-likeness (QED) is 0.675. The summed E-state index contributed by atoms with van der Waals surface area (Å²) in [6.07, 6.45) is 0. The number of hydrogen-bond donors (Lipinski definition) is 1. The Kier molecular flexibility index (Phi) is 4.74. The third-order valence-corrected chi connectivity index (χ3v) is 3.65. The largest absolute Gasteiger partial charge is 0.416 e. The van der Waals surface area contributed by atoms with Crippen LogP contribution < -0.4 is 5.32 Å². The van der Waals surface area contributed by atoms with E-state index in [1.807, 2.05) is 0 Å². The summed E-state index contributed by atoms with van der Waals surface area (Å²) >= 11 is 1.19. The smallest absolute Gasteiger partial charge is 0.277 e. The Labute approximate surface area is 126 Å². The van der Waals surface area contributed by atoms with E-state index in [9.17, 15) is 9.59 Å². The molecular weight excluding hydrogens is 290 g/mol. The summed E-state index contributed by atoms with van der Waals surface area (Å²) in [7, 11) is 0. The predicted octanol–water partition coefficient (Wildman–Crippen LogP) is 2.70. The van der Waals surface area contributed by atoms with Gasteiger partial charge in [0.2, 0.25) is 11.8 Å². The fourth-order valence-corrected chi connectivity index (χ4v) is 2.29. The lowest BCUT2D eigenvalue weighted by Crippen LogP contribution is -2.22. The zero-order valence-electron chi connectivity index (χ0n) is 11.9. The van der Waals surface area contributed by atoms with Crippen molar-refractivity contribution in [3.63, 3.8) is 0 Å². The second kappa shape index (κ2) is 6.53. The standard InChI is InChI=1S/C14H15N3O3S/c1-8(18)11-4-6-12(7-5-11)15-13(19)9(2)21-14-17-16-10(3)20-14/h4-7,9H,1-3H3,(H,15,19). The molecule has 1 amide bonds. The number of thioether (sulfide) groups is 1. The molecule has 0 aliphatic carbocycles. The fourth-order valence-electron chi connectivity index (χ4n) is 1.56. The monoisotopic (exact) mass is 305 g/mol. The van der Waals surface area contributed by atoms with Gasteiger partial charge in [-0.1, -0.05) is 11.8 Å². The van der Waals surface area contributed by atoms with Crippen LogP contribution in [0.1, 0.15) is 30.1 Å². The third kappa shape index (κ3) is 4.16. The molecule has 1 aromatic carbocycles. The van der Waals surface area contributed by atoms with Gasteiger partial charge in [0.1, 0.15) is 0 Å². The van der Waals surface area contributed by atoms with Gasteiger partial charge in [-0.25, -0.2) is 0 Å². The second-order valence-electron chi connectivity index (χ2n) is 4.47. The Morgan fingerprint density at radius 1 is 1.24 bits per heavy atom. The second-order valence-corrected chi connectivity index (χ2v) is 5.76. The number of Topliss-reactive ketones (excluding diaryl/α,β-unsaturated/α-hetero) is 1. The van der Waals surface area contributed by atoms with Crippen molar-refractivity contribution in [2.75, 3.05) is 5.32 Å². The summed E-state index contributed by atoms with van der Waals surface area (Å²) in [6.45, 7) is 4.94. The highest BCUT2D eigenvalue weighted by Crippen LogP contribution is 2.22. The Morgan fingerprint density at radius 2 is 1.90 bits per heavy atom. The van der Waals surface area contributed by atoms with E-state index in [-0.39, 0.29) is 16.9 Å². The molecule has 7 heteroatoms. The van der Waals surface area contributed by atoms with Crippen LogP contribution in [0.3, 0.4) is 0 Å². The van der Waals surface area contributed by atoms with Gasteiger partial charge in [0, 0.05) is 18.2 Å². The fraction of sp³-hybridized carbons (Fsp3) is 0.286. The van der Waals surface area contributed by atoms with E-state index in [1.165, 1.54) is 18.7 Å². The van der Waals surface area contributed by atoms with Crippen LogP contribution in [0.4, 0.5) is 5.69 Å². The third-order valence-electron chi connectivity index (χ3n) is 2.71. The summed E-state index contributed by atoms with van der Waals surface area (Å²) < 4.78 is 5.22. The maximum Gasteiger partial charge on any atom is 0.277 e. The van der Waals surface area contributed by atoms with E-state index in [4.69, 9.17) is 4.42 Å². The number of hydrogen-bond acceptors (Lipinski definition) is 6. The van der Waals surface area contributed by atoms with Crippen LogP contribution in [0.5, 0.6) is 0 Å². The molecule has 21 heavy (non-hydrogen) atoms. The van der Waals surface area contributed by atoms with E-state index in [2.05, 4.69) is 15.5 Å². The number of aromatic nitrogens is 2. The van der Waals surface area contributed by atoms with Gasteiger partial charge in [0.25, 0.3) is 5.22 Å². The lowest BCUT2D eigenvalue weighted by molar-refractivity contribution is -0.115. The Morgan fingerprint density at radius 3 is 2.43 bits per heavy atom. The van der Waals surface area contributed by atoms with Gasteiger partial charge in [0.15, 0.2) is 5.78 Å². The molecule has 1 aromatic heterocycles. The number of aryl methyl sites for hydroxylation is 1. The normalized spacial score (nSPS) is 12.0. The molecule has 0 saturated carbocycles. The Bertz CT molecular complexity index is 652. The summed E-state index contributed by atoms with van der Waals surface area (Å²) in [6, 6.07) is 6.75. The summed E-state index contributed by atoms with van der Waals surface area (Å²) in [4.78, 5) is 23.2. The van der Waals surface area contributed by atoms with Gasteiger partial charge in [-0.2, -0.15) is 0 Å². The van der Waals surface area contributed by atoms with Gasteiger partial charge in [-0.3, -0.25) is 9.59 Å². The summed E-state index contributed by atoms with van der Waals surface area (Å²) in [5.74, 6) is 0.278. The van der Waals surface area contributed by atoms with Crippen LogP contribution >= 0.6 is 11.8 Å². The summed E-state index contributed by atoms with van der Waals surface area (Å²) in [5.41, 5.74) is 1.25. The first-order valence-electron chi connectivity index (χ1n) is 6.34. The molecule has 0 aliphatic rings. The number of nitrogens with one attached hydrogen (secondary N) is 1. The number of rotatable bonds is 5. The van der Waals surface area contributed by atoms with Crippen molar-refractivity contribution < 1.29 is 14.0 Å². The van der Waals surface area contributed by atoms with E-state index in [0.717, 1.165) is 0 Å². The molecule has 1 heterocycles. The summed E-state index contributed by atoms with van der Waals surface area (Å²) in [5, 5.41) is 10.3. The molecule has 1 unspecified atom stereocenters. The molecule has 6 nitrogen and oxygen atoms in total.